The summed E-state index contributed by atoms with van der Waals surface area (Å²) in [4.78, 5) is 12.6. The van der Waals surface area contributed by atoms with Gasteiger partial charge in [-0.3, -0.25) is 4.79 Å². The molecular formula is C22H17BrN2O4. The number of rotatable bonds is 6. The highest BCUT2D eigenvalue weighted by Crippen LogP contribution is 2.32. The molecule has 1 heterocycles. The normalized spacial score (nSPS) is 12.2. The van der Waals surface area contributed by atoms with Crippen LogP contribution in [0.2, 0.25) is 0 Å². The number of amides is 1. The van der Waals surface area contributed by atoms with E-state index in [1.807, 2.05) is 36.4 Å². The summed E-state index contributed by atoms with van der Waals surface area (Å²) in [6, 6.07) is 20.4. The predicted octanol–water partition coefficient (Wildman–Crippen LogP) is 4.52. The molecule has 0 aromatic heterocycles. The first-order chi connectivity index (χ1) is 14.2. The van der Waals surface area contributed by atoms with E-state index in [1.165, 1.54) is 0 Å². The van der Waals surface area contributed by atoms with Crippen molar-refractivity contribution in [3.8, 4) is 17.2 Å². The number of hydrazone groups is 1. The molecule has 0 bridgehead atoms. The van der Waals surface area contributed by atoms with E-state index in [0.29, 0.717) is 29.4 Å². The van der Waals surface area contributed by atoms with Crippen LogP contribution in [0.1, 0.15) is 21.5 Å². The van der Waals surface area contributed by atoms with Crippen molar-refractivity contribution in [3.63, 3.8) is 0 Å². The van der Waals surface area contributed by atoms with Crippen LogP contribution in [0.4, 0.5) is 0 Å². The second kappa shape index (κ2) is 8.79. The average Bonchev–Trinajstić information content (AvgIpc) is 3.21. The van der Waals surface area contributed by atoms with E-state index in [2.05, 4.69) is 26.5 Å². The molecule has 6 nitrogen and oxygen atoms in total. The highest BCUT2D eigenvalue weighted by atomic mass is 79.9. The molecule has 0 saturated carbocycles. The zero-order chi connectivity index (χ0) is 20.1. The summed E-state index contributed by atoms with van der Waals surface area (Å²) >= 11 is 3.42. The number of halogens is 1. The summed E-state index contributed by atoms with van der Waals surface area (Å²) in [6.07, 6.45) is 1.54. The Hall–Kier alpha value is -3.32. The van der Waals surface area contributed by atoms with Crippen LogP contribution in [0.15, 0.2) is 76.3 Å². The highest BCUT2D eigenvalue weighted by molar-refractivity contribution is 9.10. The van der Waals surface area contributed by atoms with Gasteiger partial charge in [0.05, 0.1) is 11.8 Å². The van der Waals surface area contributed by atoms with Crippen LogP contribution < -0.4 is 19.6 Å². The van der Waals surface area contributed by atoms with Crippen LogP contribution in [-0.2, 0) is 6.61 Å². The van der Waals surface area contributed by atoms with E-state index in [1.54, 1.807) is 36.5 Å². The van der Waals surface area contributed by atoms with Gasteiger partial charge in [-0.2, -0.15) is 5.10 Å². The molecular weight excluding hydrogens is 436 g/mol. The van der Waals surface area contributed by atoms with E-state index in [9.17, 15) is 4.79 Å². The van der Waals surface area contributed by atoms with E-state index >= 15 is 0 Å². The van der Waals surface area contributed by atoms with Gasteiger partial charge >= 0.3 is 0 Å². The molecule has 0 radical (unpaired) electrons. The Bertz CT molecular complexity index is 1050. The van der Waals surface area contributed by atoms with Gasteiger partial charge in [-0.15, -0.1) is 0 Å². The Balaban J connectivity index is 1.44. The molecule has 146 valence electrons. The average molecular weight is 453 g/mol. The fourth-order valence-corrected chi connectivity index (χ4v) is 3.10. The third-order valence-electron chi connectivity index (χ3n) is 4.20. The monoisotopic (exact) mass is 452 g/mol. The van der Waals surface area contributed by atoms with Gasteiger partial charge < -0.3 is 14.2 Å². The number of fused-ring (bicyclic) bond motifs is 1. The summed E-state index contributed by atoms with van der Waals surface area (Å²) in [6.45, 7) is 0.569. The number of nitrogens with zero attached hydrogens (tertiary/aromatic N) is 1. The van der Waals surface area contributed by atoms with E-state index in [0.717, 1.165) is 15.6 Å². The number of benzene rings is 3. The minimum Gasteiger partial charge on any atom is -0.488 e. The number of carbonyl (C=O) groups excluding carboxylic acids is 1. The van der Waals surface area contributed by atoms with Crippen molar-refractivity contribution in [1.82, 2.24) is 5.43 Å². The van der Waals surface area contributed by atoms with E-state index in [-0.39, 0.29) is 12.7 Å². The third kappa shape index (κ3) is 4.75. The fraction of sp³-hybridized carbons (Fsp3) is 0.0909. The molecule has 3 aromatic rings. The smallest absolute Gasteiger partial charge is 0.275 e. The lowest BCUT2D eigenvalue weighted by molar-refractivity contribution is 0.0950. The van der Waals surface area contributed by atoms with Crippen molar-refractivity contribution in [2.24, 2.45) is 5.10 Å². The van der Waals surface area contributed by atoms with Gasteiger partial charge in [-0.1, -0.05) is 46.3 Å². The topological polar surface area (TPSA) is 69.2 Å². The summed E-state index contributed by atoms with van der Waals surface area (Å²) in [5.74, 6) is 1.46. The standard InChI is InChI=1S/C22H17BrN2O4/c23-17-7-8-18(20(11-17)27-13-15-4-2-1-3-5-15)22(26)25-24-12-16-6-9-19-21(10-16)29-14-28-19/h1-12H,13-14H2,(H,25,26)/b24-12-. The molecule has 1 N–H and O–H groups in total. The maximum Gasteiger partial charge on any atom is 0.275 e. The zero-order valence-electron chi connectivity index (χ0n) is 15.3. The summed E-state index contributed by atoms with van der Waals surface area (Å²) < 4.78 is 17.3. The van der Waals surface area contributed by atoms with Crippen molar-refractivity contribution in [2.45, 2.75) is 6.61 Å². The summed E-state index contributed by atoms with van der Waals surface area (Å²) in [5.41, 5.74) is 4.73. The second-order valence-corrected chi connectivity index (χ2v) is 7.14. The van der Waals surface area contributed by atoms with Crippen LogP contribution in [0.3, 0.4) is 0 Å². The van der Waals surface area contributed by atoms with Crippen LogP contribution in [-0.4, -0.2) is 18.9 Å². The molecule has 1 amide bonds. The molecule has 4 rings (SSSR count). The summed E-state index contributed by atoms with van der Waals surface area (Å²) in [5, 5.41) is 4.04. The Morgan fingerprint density at radius 3 is 2.76 bits per heavy atom. The number of nitrogens with one attached hydrogen (secondary N) is 1. The maximum atomic E-state index is 12.6. The van der Waals surface area contributed by atoms with Crippen LogP contribution in [0, 0.1) is 0 Å². The minimum absolute atomic E-state index is 0.210. The van der Waals surface area contributed by atoms with Gasteiger partial charge in [0.15, 0.2) is 11.5 Å². The van der Waals surface area contributed by atoms with Gasteiger partial charge in [0.25, 0.3) is 5.91 Å². The second-order valence-electron chi connectivity index (χ2n) is 6.23. The fourth-order valence-electron chi connectivity index (χ4n) is 2.76. The van der Waals surface area contributed by atoms with Crippen molar-refractivity contribution in [3.05, 3.63) is 87.9 Å². The first kappa shape index (κ1) is 19.0. The van der Waals surface area contributed by atoms with Crippen LogP contribution in [0.5, 0.6) is 17.2 Å². The zero-order valence-corrected chi connectivity index (χ0v) is 16.9. The van der Waals surface area contributed by atoms with Crippen molar-refractivity contribution in [2.75, 3.05) is 6.79 Å². The first-order valence-electron chi connectivity index (χ1n) is 8.88. The molecule has 1 aliphatic heterocycles. The molecule has 0 spiro atoms. The van der Waals surface area contributed by atoms with Gasteiger partial charge in [0.2, 0.25) is 6.79 Å². The third-order valence-corrected chi connectivity index (χ3v) is 4.70. The first-order valence-corrected chi connectivity index (χ1v) is 9.68. The quantitative estimate of drug-likeness (QED) is 0.440. The lowest BCUT2D eigenvalue weighted by atomic mass is 10.2. The Morgan fingerprint density at radius 1 is 1.07 bits per heavy atom. The molecule has 3 aromatic carbocycles. The van der Waals surface area contributed by atoms with Gasteiger partial charge in [0.1, 0.15) is 12.4 Å². The largest absolute Gasteiger partial charge is 0.488 e. The summed E-state index contributed by atoms with van der Waals surface area (Å²) in [7, 11) is 0. The molecule has 0 fully saturated rings. The minimum atomic E-state index is -0.363. The molecule has 7 heteroatoms. The number of hydrogen-bond acceptors (Lipinski definition) is 5. The number of carbonyl (C=O) groups is 1. The SMILES string of the molecule is O=C(N/N=C\c1ccc2c(c1)OCO2)c1ccc(Br)cc1OCc1ccccc1. The number of ether oxygens (including phenoxy) is 3. The Kier molecular flexibility index (Phi) is 5.76. The molecule has 0 atom stereocenters. The number of hydrogen-bond donors (Lipinski definition) is 1. The molecule has 0 unspecified atom stereocenters. The van der Waals surface area contributed by atoms with Gasteiger partial charge in [-0.05, 0) is 47.5 Å². The van der Waals surface area contributed by atoms with Crippen molar-refractivity contribution < 1.29 is 19.0 Å². The molecule has 0 saturated heterocycles. The van der Waals surface area contributed by atoms with Crippen LogP contribution in [0.25, 0.3) is 0 Å². The lowest BCUT2D eigenvalue weighted by Gasteiger charge is -2.11. The van der Waals surface area contributed by atoms with Gasteiger partial charge in [-0.25, -0.2) is 5.43 Å². The van der Waals surface area contributed by atoms with Gasteiger partial charge in [0, 0.05) is 4.47 Å². The highest BCUT2D eigenvalue weighted by Gasteiger charge is 2.14. The van der Waals surface area contributed by atoms with E-state index < -0.39 is 0 Å². The lowest BCUT2D eigenvalue weighted by Crippen LogP contribution is -2.18. The van der Waals surface area contributed by atoms with Crippen LogP contribution >= 0.6 is 15.9 Å². The van der Waals surface area contributed by atoms with Crippen molar-refractivity contribution in [1.29, 1.82) is 0 Å². The Labute approximate surface area is 176 Å². The molecule has 29 heavy (non-hydrogen) atoms. The molecule has 1 aliphatic rings. The van der Waals surface area contributed by atoms with E-state index in [4.69, 9.17) is 14.2 Å². The maximum absolute atomic E-state index is 12.6. The van der Waals surface area contributed by atoms with Crippen molar-refractivity contribution >= 4 is 28.1 Å². The Morgan fingerprint density at radius 2 is 1.90 bits per heavy atom. The molecule has 0 aliphatic carbocycles. The predicted molar refractivity (Wildman–Crippen MR) is 113 cm³/mol.